The van der Waals surface area contributed by atoms with Crippen molar-refractivity contribution in [1.82, 2.24) is 4.90 Å². The smallest absolute Gasteiger partial charge is 0.218 e. The summed E-state index contributed by atoms with van der Waals surface area (Å²) in [7, 11) is 2.19. The minimum Gasteiger partial charge on any atom is -0.370 e. The van der Waals surface area contributed by atoms with Gasteiger partial charge in [-0.05, 0) is 81.2 Å². The van der Waals surface area contributed by atoms with E-state index in [1.807, 2.05) is 26.7 Å². The summed E-state index contributed by atoms with van der Waals surface area (Å²) in [5, 5.41) is 0. The Kier molecular flexibility index (Phi) is 21.0. The van der Waals surface area contributed by atoms with Crippen LogP contribution in [0.4, 0.5) is 0 Å². The first kappa shape index (κ1) is 32.2. The molecule has 0 aliphatic heterocycles. The highest BCUT2D eigenvalue weighted by Crippen LogP contribution is 2.44. The number of allylic oxidation sites excluding steroid dienone is 1. The molecule has 1 aromatic rings. The molecule has 1 amide bonds. The number of rotatable bonds is 11. The molecule has 5 nitrogen and oxygen atoms in total. The van der Waals surface area contributed by atoms with Gasteiger partial charge < -0.3 is 21.2 Å². The van der Waals surface area contributed by atoms with Crippen LogP contribution in [-0.4, -0.2) is 44.3 Å². The number of amides is 1. The van der Waals surface area contributed by atoms with Gasteiger partial charge in [-0.3, -0.25) is 4.79 Å². The van der Waals surface area contributed by atoms with Crippen molar-refractivity contribution in [2.24, 2.45) is 17.4 Å². The van der Waals surface area contributed by atoms with Gasteiger partial charge in [0.1, 0.15) is 6.79 Å². The van der Waals surface area contributed by atoms with Gasteiger partial charge in [-0.2, -0.15) is 0 Å². The lowest BCUT2D eigenvalue weighted by Gasteiger charge is -2.19. The molecule has 0 bridgehead atoms. The second-order valence-corrected chi connectivity index (χ2v) is 8.06. The van der Waals surface area contributed by atoms with Crippen LogP contribution >= 0.6 is 0 Å². The zero-order valence-electron chi connectivity index (χ0n) is 21.3. The fourth-order valence-corrected chi connectivity index (χ4v) is 4.10. The molecule has 0 heterocycles. The molecule has 32 heavy (non-hydrogen) atoms. The number of nitrogens with zero attached hydrogens (tertiary/aromatic N) is 1. The molecule has 1 aromatic carbocycles. The highest BCUT2D eigenvalue weighted by molar-refractivity contribution is 5.75. The predicted molar refractivity (Wildman–Crippen MR) is 139 cm³/mol. The molecule has 3 unspecified atom stereocenters. The van der Waals surface area contributed by atoms with Gasteiger partial charge in [-0.15, -0.1) is 6.58 Å². The molecule has 1 aliphatic rings. The van der Waals surface area contributed by atoms with Crippen LogP contribution in [0.25, 0.3) is 0 Å². The van der Waals surface area contributed by atoms with E-state index in [1.165, 1.54) is 30.4 Å². The molecule has 5 heteroatoms. The van der Waals surface area contributed by atoms with Crippen LogP contribution in [0.15, 0.2) is 36.9 Å². The van der Waals surface area contributed by atoms with E-state index in [0.717, 1.165) is 32.5 Å². The summed E-state index contributed by atoms with van der Waals surface area (Å²) >= 11 is 0. The van der Waals surface area contributed by atoms with Crippen LogP contribution in [0.1, 0.15) is 89.2 Å². The number of benzene rings is 1. The lowest BCUT2D eigenvalue weighted by molar-refractivity contribution is -0.118. The quantitative estimate of drug-likeness (QED) is 0.453. The number of hydrogen-bond donors (Lipinski definition) is 2. The van der Waals surface area contributed by atoms with Crippen molar-refractivity contribution in [3.8, 4) is 0 Å². The second kappa shape index (κ2) is 20.9. The first-order valence-corrected chi connectivity index (χ1v) is 12.1. The highest BCUT2D eigenvalue weighted by atomic mass is 16.1. The van der Waals surface area contributed by atoms with Gasteiger partial charge in [-0.25, -0.2) is 0 Å². The zero-order chi connectivity index (χ0) is 24.9. The largest absolute Gasteiger partial charge is 0.370 e. The maximum atomic E-state index is 11.2. The molecule has 0 saturated heterocycles. The standard InChI is InChI=1S/C17H26N2O.C7H15N.C2H6.CH2O/c1-3-9-19(2)10-8-13-11-14(12-17(18)20)16-7-5-4-6-15(13)16;1-3-5-7(4-2)6-8;2*1-2/h4-7,13-14H,3,8-12H2,1-2H3,(H2,18,20);3,7H,1,4-6,8H2,2H3;1-2H3;1H2. The molecule has 184 valence electrons. The number of fused-ring (bicyclic) bond motifs is 1. The molecule has 0 aromatic heterocycles. The van der Waals surface area contributed by atoms with Gasteiger partial charge in [0, 0.05) is 6.42 Å². The van der Waals surface area contributed by atoms with Crippen molar-refractivity contribution in [3.05, 3.63) is 48.0 Å². The summed E-state index contributed by atoms with van der Waals surface area (Å²) in [5.74, 6) is 1.38. The van der Waals surface area contributed by atoms with Crippen LogP contribution in [0.5, 0.6) is 0 Å². The van der Waals surface area contributed by atoms with E-state index in [-0.39, 0.29) is 5.91 Å². The van der Waals surface area contributed by atoms with E-state index < -0.39 is 0 Å². The Morgan fingerprint density at radius 1 is 1.16 bits per heavy atom. The Morgan fingerprint density at radius 2 is 1.72 bits per heavy atom. The third-order valence-corrected chi connectivity index (χ3v) is 5.77. The van der Waals surface area contributed by atoms with Crippen LogP contribution in [0, 0.1) is 5.92 Å². The Morgan fingerprint density at radius 3 is 2.12 bits per heavy atom. The maximum absolute atomic E-state index is 11.2. The van der Waals surface area contributed by atoms with Crippen LogP contribution in [0.2, 0.25) is 0 Å². The summed E-state index contributed by atoms with van der Waals surface area (Å²) in [6.07, 6.45) is 8.09. The Balaban J connectivity index is 0. The van der Waals surface area contributed by atoms with E-state index in [9.17, 15) is 4.79 Å². The average Bonchev–Trinajstić information content (AvgIpc) is 3.16. The number of nitrogens with two attached hydrogens (primary N) is 2. The predicted octanol–water partition coefficient (Wildman–Crippen LogP) is 5.25. The van der Waals surface area contributed by atoms with Gasteiger partial charge in [0.25, 0.3) is 0 Å². The van der Waals surface area contributed by atoms with E-state index in [4.69, 9.17) is 16.3 Å². The van der Waals surface area contributed by atoms with Crippen LogP contribution in [0.3, 0.4) is 0 Å². The molecule has 2 rings (SSSR count). The Bertz CT molecular complexity index is 602. The van der Waals surface area contributed by atoms with Gasteiger partial charge in [-0.1, -0.05) is 64.5 Å². The van der Waals surface area contributed by atoms with Gasteiger partial charge >= 0.3 is 0 Å². The van der Waals surface area contributed by atoms with Gasteiger partial charge in [0.2, 0.25) is 5.91 Å². The molecule has 0 saturated carbocycles. The first-order valence-electron chi connectivity index (χ1n) is 12.1. The van der Waals surface area contributed by atoms with Gasteiger partial charge in [0.15, 0.2) is 0 Å². The van der Waals surface area contributed by atoms with Crippen LogP contribution < -0.4 is 11.5 Å². The second-order valence-electron chi connectivity index (χ2n) is 8.06. The van der Waals surface area contributed by atoms with Crippen molar-refractivity contribution in [1.29, 1.82) is 0 Å². The number of primary amides is 1. The van der Waals surface area contributed by atoms with E-state index >= 15 is 0 Å². The van der Waals surface area contributed by atoms with Crippen molar-refractivity contribution in [2.75, 3.05) is 26.7 Å². The minimum absolute atomic E-state index is 0.187. The minimum atomic E-state index is -0.187. The molecule has 0 spiro atoms. The number of carbonyl (C=O) groups is 2. The maximum Gasteiger partial charge on any atom is 0.218 e. The van der Waals surface area contributed by atoms with Crippen molar-refractivity contribution in [3.63, 3.8) is 0 Å². The first-order chi connectivity index (χ1) is 15.5. The molecule has 1 aliphatic carbocycles. The molecular formula is C27H49N3O2. The summed E-state index contributed by atoms with van der Waals surface area (Å²) in [5.41, 5.74) is 13.6. The summed E-state index contributed by atoms with van der Waals surface area (Å²) in [6, 6.07) is 8.56. The molecule has 4 N–H and O–H groups in total. The Labute approximate surface area is 197 Å². The third kappa shape index (κ3) is 12.8. The average molecular weight is 448 g/mol. The summed E-state index contributed by atoms with van der Waals surface area (Å²) in [4.78, 5) is 21.6. The number of hydrogen-bond acceptors (Lipinski definition) is 4. The number of carbonyl (C=O) groups excluding carboxylic acids is 2. The fourth-order valence-electron chi connectivity index (χ4n) is 4.10. The van der Waals surface area contributed by atoms with Crippen molar-refractivity contribution in [2.45, 2.75) is 78.1 Å². The lowest BCUT2D eigenvalue weighted by atomic mass is 9.96. The SMILES string of the molecule is C=CCC(CC)CN.C=O.CC.CCCN(C)CCC1CC(CC(N)=O)c2ccccc21. The molecule has 3 atom stereocenters. The fraction of sp³-hybridized carbons (Fsp3) is 0.630. The van der Waals surface area contributed by atoms with E-state index in [1.54, 1.807) is 0 Å². The van der Waals surface area contributed by atoms with E-state index in [0.29, 0.717) is 24.2 Å². The topological polar surface area (TPSA) is 89.4 Å². The normalized spacial score (nSPS) is 16.8. The van der Waals surface area contributed by atoms with Crippen molar-refractivity contribution < 1.29 is 9.59 Å². The molecular weight excluding hydrogens is 398 g/mol. The third-order valence-electron chi connectivity index (χ3n) is 5.77. The van der Waals surface area contributed by atoms with Crippen molar-refractivity contribution >= 4 is 12.7 Å². The van der Waals surface area contributed by atoms with Crippen LogP contribution in [-0.2, 0) is 9.59 Å². The Hall–Kier alpha value is -1.98. The molecule has 0 fully saturated rings. The lowest BCUT2D eigenvalue weighted by Crippen LogP contribution is -2.21. The zero-order valence-corrected chi connectivity index (χ0v) is 21.3. The highest BCUT2D eigenvalue weighted by Gasteiger charge is 2.31. The molecule has 0 radical (unpaired) electrons. The van der Waals surface area contributed by atoms with E-state index in [2.05, 4.69) is 56.6 Å². The van der Waals surface area contributed by atoms with Gasteiger partial charge in [0.05, 0.1) is 0 Å². The summed E-state index contributed by atoms with van der Waals surface area (Å²) in [6.45, 7) is 17.1. The monoisotopic (exact) mass is 447 g/mol. The summed E-state index contributed by atoms with van der Waals surface area (Å²) < 4.78 is 0.